The number of alkyl halides is 3. The number of nitrogens with zero attached hydrogens (tertiary/aromatic N) is 1. The average molecular weight is 289 g/mol. The summed E-state index contributed by atoms with van der Waals surface area (Å²) in [6.45, 7) is 0.548. The highest BCUT2D eigenvalue weighted by molar-refractivity contribution is 6.67. The second-order valence-electron chi connectivity index (χ2n) is 3.45. The van der Waals surface area contributed by atoms with Crippen LogP contribution in [0.2, 0.25) is 0 Å². The summed E-state index contributed by atoms with van der Waals surface area (Å²) in [6, 6.07) is 0. The maximum Gasteiger partial charge on any atom is 0.410 e. The first kappa shape index (κ1) is 13.9. The van der Waals surface area contributed by atoms with E-state index in [2.05, 4.69) is 0 Å². The fourth-order valence-electron chi connectivity index (χ4n) is 1.30. The van der Waals surface area contributed by atoms with Crippen molar-refractivity contribution in [1.29, 1.82) is 0 Å². The van der Waals surface area contributed by atoms with Crippen molar-refractivity contribution in [1.82, 2.24) is 4.90 Å². The van der Waals surface area contributed by atoms with Gasteiger partial charge in [-0.25, -0.2) is 4.79 Å². The molecule has 1 rings (SSSR count). The van der Waals surface area contributed by atoms with E-state index in [1.165, 1.54) is 4.90 Å². The number of carbonyl (C=O) groups is 1. The van der Waals surface area contributed by atoms with Crippen molar-refractivity contribution >= 4 is 40.9 Å². The Kier molecular flexibility index (Phi) is 5.18. The lowest BCUT2D eigenvalue weighted by atomic mass is 10.1. The predicted octanol–water partition coefficient (Wildman–Crippen LogP) is 1.97. The third-order valence-corrected chi connectivity index (χ3v) is 2.37. The van der Waals surface area contributed by atoms with Gasteiger partial charge in [0.25, 0.3) is 0 Å². The van der Waals surface area contributed by atoms with E-state index in [9.17, 15) is 4.79 Å². The minimum atomic E-state index is -1.60. The standard InChI is InChI=1S/C9H12Cl3NO3/c10-9(11,12)6-16-8(15)13-3-1-2-7(4-13)5-14/h1-2,7,14H,3-6H2. The quantitative estimate of drug-likeness (QED) is 0.624. The molecule has 0 aliphatic carbocycles. The molecule has 0 aromatic heterocycles. The summed E-state index contributed by atoms with van der Waals surface area (Å²) < 4.78 is 3.21. The van der Waals surface area contributed by atoms with Gasteiger partial charge in [-0.15, -0.1) is 0 Å². The van der Waals surface area contributed by atoms with Crippen molar-refractivity contribution < 1.29 is 14.6 Å². The first-order chi connectivity index (χ1) is 7.42. The van der Waals surface area contributed by atoms with Gasteiger partial charge >= 0.3 is 6.09 Å². The number of hydrogen-bond acceptors (Lipinski definition) is 3. The molecule has 0 fully saturated rings. The second-order valence-corrected chi connectivity index (χ2v) is 5.96. The smallest absolute Gasteiger partial charge is 0.410 e. The number of hydrogen-bond donors (Lipinski definition) is 1. The minimum absolute atomic E-state index is 0.00919. The number of aliphatic hydroxyl groups is 1. The van der Waals surface area contributed by atoms with Crippen LogP contribution in [0.1, 0.15) is 0 Å². The normalized spacial score (nSPS) is 21.0. The van der Waals surface area contributed by atoms with Crippen molar-refractivity contribution in [2.45, 2.75) is 3.79 Å². The lowest BCUT2D eigenvalue weighted by Gasteiger charge is -2.27. The molecule has 0 saturated carbocycles. The van der Waals surface area contributed by atoms with E-state index in [1.807, 2.05) is 6.08 Å². The van der Waals surface area contributed by atoms with Crippen LogP contribution in [0.5, 0.6) is 0 Å². The molecule has 1 unspecified atom stereocenters. The number of rotatable bonds is 2. The van der Waals surface area contributed by atoms with Crippen molar-refractivity contribution in [2.24, 2.45) is 5.92 Å². The largest absolute Gasteiger partial charge is 0.445 e. The zero-order chi connectivity index (χ0) is 12.2. The van der Waals surface area contributed by atoms with Crippen LogP contribution in [0.4, 0.5) is 4.79 Å². The van der Waals surface area contributed by atoms with Crippen LogP contribution in [-0.2, 0) is 4.74 Å². The summed E-state index contributed by atoms with van der Waals surface area (Å²) in [5, 5.41) is 8.96. The molecule has 1 aliphatic heterocycles. The first-order valence-corrected chi connectivity index (χ1v) is 5.82. The molecule has 0 aromatic carbocycles. The van der Waals surface area contributed by atoms with E-state index >= 15 is 0 Å². The van der Waals surface area contributed by atoms with E-state index < -0.39 is 9.89 Å². The van der Waals surface area contributed by atoms with Gasteiger partial charge in [-0.1, -0.05) is 47.0 Å². The molecule has 1 aliphatic rings. The van der Waals surface area contributed by atoms with E-state index in [1.54, 1.807) is 6.08 Å². The maximum atomic E-state index is 11.5. The molecule has 1 N–H and O–H groups in total. The van der Waals surface area contributed by atoms with Gasteiger partial charge < -0.3 is 14.7 Å². The Morgan fingerprint density at radius 1 is 1.56 bits per heavy atom. The van der Waals surface area contributed by atoms with Gasteiger partial charge in [0.1, 0.15) is 6.61 Å². The Hall–Kier alpha value is -0.160. The predicted molar refractivity (Wildman–Crippen MR) is 62.9 cm³/mol. The zero-order valence-electron chi connectivity index (χ0n) is 8.41. The molecule has 92 valence electrons. The Morgan fingerprint density at radius 3 is 2.81 bits per heavy atom. The van der Waals surface area contributed by atoms with Gasteiger partial charge in [-0.3, -0.25) is 0 Å². The molecule has 4 nitrogen and oxygen atoms in total. The molecule has 1 atom stereocenters. The van der Waals surface area contributed by atoms with Crippen molar-refractivity contribution in [3.05, 3.63) is 12.2 Å². The molecule has 7 heteroatoms. The van der Waals surface area contributed by atoms with Crippen LogP contribution < -0.4 is 0 Å². The average Bonchev–Trinajstić information content (AvgIpc) is 2.25. The number of aliphatic hydroxyl groups excluding tert-OH is 1. The van der Waals surface area contributed by atoms with E-state index in [0.29, 0.717) is 13.1 Å². The van der Waals surface area contributed by atoms with Gasteiger partial charge in [-0.05, 0) is 0 Å². The molecular weight excluding hydrogens is 276 g/mol. The van der Waals surface area contributed by atoms with E-state index in [-0.39, 0.29) is 19.1 Å². The van der Waals surface area contributed by atoms with Crippen LogP contribution in [-0.4, -0.2) is 46.2 Å². The highest BCUT2D eigenvalue weighted by atomic mass is 35.6. The Balaban J connectivity index is 2.40. The second kappa shape index (κ2) is 5.96. The lowest BCUT2D eigenvalue weighted by molar-refractivity contribution is 0.0970. The Labute approximate surface area is 109 Å². The van der Waals surface area contributed by atoms with Gasteiger partial charge in [0, 0.05) is 19.0 Å². The number of amides is 1. The zero-order valence-corrected chi connectivity index (χ0v) is 10.7. The molecule has 1 amide bonds. The van der Waals surface area contributed by atoms with Crippen LogP contribution in [0.3, 0.4) is 0 Å². The lowest BCUT2D eigenvalue weighted by Crippen LogP contribution is -2.39. The van der Waals surface area contributed by atoms with Gasteiger partial charge in [0.05, 0.1) is 6.61 Å². The topological polar surface area (TPSA) is 49.8 Å². The van der Waals surface area contributed by atoms with Gasteiger partial charge in [0.2, 0.25) is 3.79 Å². The molecular formula is C9H12Cl3NO3. The summed E-state index contributed by atoms with van der Waals surface area (Å²) in [4.78, 5) is 13.0. The first-order valence-electron chi connectivity index (χ1n) is 4.68. The Bertz CT molecular complexity index is 278. The third kappa shape index (κ3) is 4.78. The fourth-order valence-corrected chi connectivity index (χ4v) is 1.47. The maximum absolute atomic E-state index is 11.5. The summed E-state index contributed by atoms with van der Waals surface area (Å²) >= 11 is 16.4. The highest BCUT2D eigenvalue weighted by Gasteiger charge is 2.26. The van der Waals surface area contributed by atoms with Crippen LogP contribution in [0, 0.1) is 5.92 Å². The molecule has 16 heavy (non-hydrogen) atoms. The molecule has 0 bridgehead atoms. The summed E-state index contributed by atoms with van der Waals surface area (Å²) in [5.41, 5.74) is 0. The van der Waals surface area contributed by atoms with Crippen LogP contribution >= 0.6 is 34.8 Å². The fraction of sp³-hybridized carbons (Fsp3) is 0.667. The summed E-state index contributed by atoms with van der Waals surface area (Å²) in [7, 11) is 0. The van der Waals surface area contributed by atoms with Gasteiger partial charge in [0.15, 0.2) is 0 Å². The molecule has 1 heterocycles. The number of ether oxygens (including phenoxy) is 1. The number of carbonyl (C=O) groups excluding carboxylic acids is 1. The highest BCUT2D eigenvalue weighted by Crippen LogP contribution is 2.26. The Morgan fingerprint density at radius 2 is 2.25 bits per heavy atom. The molecule has 0 saturated heterocycles. The molecule has 0 spiro atoms. The molecule has 0 aromatic rings. The monoisotopic (exact) mass is 287 g/mol. The van der Waals surface area contributed by atoms with E-state index in [0.717, 1.165) is 0 Å². The van der Waals surface area contributed by atoms with Gasteiger partial charge in [-0.2, -0.15) is 0 Å². The van der Waals surface area contributed by atoms with Crippen molar-refractivity contribution in [3.8, 4) is 0 Å². The van der Waals surface area contributed by atoms with E-state index in [4.69, 9.17) is 44.6 Å². The minimum Gasteiger partial charge on any atom is -0.445 e. The summed E-state index contributed by atoms with van der Waals surface area (Å²) in [6.07, 6.45) is 3.11. The SMILES string of the molecule is O=C(OCC(Cl)(Cl)Cl)N1CC=CC(CO)C1. The number of halogens is 3. The van der Waals surface area contributed by atoms with Crippen LogP contribution in [0.25, 0.3) is 0 Å². The van der Waals surface area contributed by atoms with Crippen molar-refractivity contribution in [3.63, 3.8) is 0 Å². The van der Waals surface area contributed by atoms with Crippen molar-refractivity contribution in [2.75, 3.05) is 26.3 Å². The molecule has 0 radical (unpaired) electrons. The third-order valence-electron chi connectivity index (χ3n) is 2.04. The van der Waals surface area contributed by atoms with Crippen LogP contribution in [0.15, 0.2) is 12.2 Å². The summed E-state index contributed by atoms with van der Waals surface area (Å²) in [5.74, 6) is -0.0611.